The van der Waals surface area contributed by atoms with Crippen molar-refractivity contribution in [2.45, 2.75) is 12.5 Å². The number of aromatic nitrogens is 1. The fourth-order valence-corrected chi connectivity index (χ4v) is 1.70. The number of hydrogen-bond donors (Lipinski definition) is 0. The molecule has 16 heavy (non-hydrogen) atoms. The fourth-order valence-electron chi connectivity index (χ4n) is 1.70. The highest BCUT2D eigenvalue weighted by Crippen LogP contribution is 2.13. The topological polar surface area (TPSA) is 42.4 Å². The van der Waals surface area contributed by atoms with Crippen LogP contribution in [-0.2, 0) is 4.74 Å². The van der Waals surface area contributed by atoms with Crippen molar-refractivity contribution in [3.05, 3.63) is 29.8 Å². The molecular formula is C11H13FN2O2. The molecule has 1 fully saturated rings. The van der Waals surface area contributed by atoms with Crippen molar-refractivity contribution in [1.29, 1.82) is 0 Å². The van der Waals surface area contributed by atoms with E-state index >= 15 is 0 Å². The molecule has 1 atom stereocenters. The molecule has 1 aliphatic heterocycles. The number of rotatable bonds is 2. The van der Waals surface area contributed by atoms with Crippen molar-refractivity contribution in [2.75, 3.05) is 20.3 Å². The number of pyridine rings is 1. The summed E-state index contributed by atoms with van der Waals surface area (Å²) < 4.78 is 18.1. The van der Waals surface area contributed by atoms with Crippen LogP contribution in [0.25, 0.3) is 0 Å². The third-order valence-corrected chi connectivity index (χ3v) is 2.71. The van der Waals surface area contributed by atoms with E-state index in [2.05, 4.69) is 4.98 Å². The van der Waals surface area contributed by atoms with Crippen molar-refractivity contribution in [2.24, 2.45) is 0 Å². The first kappa shape index (κ1) is 11.0. The maximum absolute atomic E-state index is 12.9. The first-order valence-electron chi connectivity index (χ1n) is 5.16. The summed E-state index contributed by atoms with van der Waals surface area (Å²) in [7, 11) is 1.69. The zero-order valence-electron chi connectivity index (χ0n) is 9.02. The number of nitrogens with zero attached hydrogens (tertiary/aromatic N) is 2. The Morgan fingerprint density at radius 1 is 1.62 bits per heavy atom. The predicted molar refractivity (Wildman–Crippen MR) is 55.5 cm³/mol. The Kier molecular flexibility index (Phi) is 3.14. The van der Waals surface area contributed by atoms with Gasteiger partial charge in [0.1, 0.15) is 5.69 Å². The predicted octanol–water partition coefficient (Wildman–Crippen LogP) is 1.08. The minimum atomic E-state index is -0.637. The Hall–Kier alpha value is -1.49. The molecule has 86 valence electrons. The quantitative estimate of drug-likeness (QED) is 0.706. The van der Waals surface area contributed by atoms with Gasteiger partial charge in [-0.15, -0.1) is 0 Å². The molecule has 4 nitrogen and oxygen atoms in total. The second-order valence-electron chi connectivity index (χ2n) is 3.78. The number of hydrogen-bond acceptors (Lipinski definition) is 3. The van der Waals surface area contributed by atoms with E-state index in [1.807, 2.05) is 0 Å². The van der Waals surface area contributed by atoms with E-state index in [1.165, 1.54) is 18.2 Å². The van der Waals surface area contributed by atoms with Gasteiger partial charge in [-0.2, -0.15) is 4.39 Å². The maximum Gasteiger partial charge on any atom is 0.272 e. The summed E-state index contributed by atoms with van der Waals surface area (Å²) >= 11 is 0. The van der Waals surface area contributed by atoms with Crippen LogP contribution in [0.5, 0.6) is 0 Å². The smallest absolute Gasteiger partial charge is 0.272 e. The average molecular weight is 224 g/mol. The van der Waals surface area contributed by atoms with Crippen LogP contribution in [0.15, 0.2) is 18.2 Å². The monoisotopic (exact) mass is 224 g/mol. The Bertz CT molecular complexity index is 391. The lowest BCUT2D eigenvalue weighted by atomic mass is 10.2. The van der Waals surface area contributed by atoms with Crippen LogP contribution in [0.1, 0.15) is 16.9 Å². The number of likely N-dealkylation sites (N-methyl/N-ethyl adjacent to an activating group) is 1. The van der Waals surface area contributed by atoms with E-state index in [-0.39, 0.29) is 17.6 Å². The van der Waals surface area contributed by atoms with E-state index in [1.54, 1.807) is 11.9 Å². The van der Waals surface area contributed by atoms with Crippen LogP contribution in [0.2, 0.25) is 0 Å². The van der Waals surface area contributed by atoms with Gasteiger partial charge in [-0.3, -0.25) is 4.79 Å². The van der Waals surface area contributed by atoms with Gasteiger partial charge >= 0.3 is 0 Å². The van der Waals surface area contributed by atoms with E-state index in [4.69, 9.17) is 4.74 Å². The number of ether oxygens (including phenoxy) is 1. The molecule has 1 aromatic heterocycles. The van der Waals surface area contributed by atoms with Crippen molar-refractivity contribution < 1.29 is 13.9 Å². The molecule has 1 aliphatic rings. The lowest BCUT2D eigenvalue weighted by molar-refractivity contribution is 0.0704. The Labute approximate surface area is 93.0 Å². The molecule has 0 aromatic carbocycles. The van der Waals surface area contributed by atoms with Gasteiger partial charge in [-0.05, 0) is 18.6 Å². The zero-order chi connectivity index (χ0) is 11.5. The van der Waals surface area contributed by atoms with Crippen LogP contribution in [0, 0.1) is 5.95 Å². The van der Waals surface area contributed by atoms with Crippen LogP contribution < -0.4 is 0 Å². The van der Waals surface area contributed by atoms with Crippen molar-refractivity contribution in [3.8, 4) is 0 Å². The second-order valence-corrected chi connectivity index (χ2v) is 3.78. The third kappa shape index (κ3) is 2.19. The second kappa shape index (κ2) is 4.57. The number of carbonyl (C=O) groups is 1. The van der Waals surface area contributed by atoms with E-state index in [0.717, 1.165) is 6.42 Å². The minimum Gasteiger partial charge on any atom is -0.379 e. The average Bonchev–Trinajstić information content (AvgIpc) is 2.80. The van der Waals surface area contributed by atoms with Gasteiger partial charge in [0.25, 0.3) is 5.91 Å². The Morgan fingerprint density at radius 2 is 2.44 bits per heavy atom. The van der Waals surface area contributed by atoms with E-state index in [9.17, 15) is 9.18 Å². The van der Waals surface area contributed by atoms with E-state index < -0.39 is 5.95 Å². The van der Waals surface area contributed by atoms with Gasteiger partial charge in [0.15, 0.2) is 0 Å². The van der Waals surface area contributed by atoms with Gasteiger partial charge < -0.3 is 9.64 Å². The Balaban J connectivity index is 2.12. The van der Waals surface area contributed by atoms with E-state index in [0.29, 0.717) is 13.2 Å². The molecule has 0 radical (unpaired) electrons. The summed E-state index contributed by atoms with van der Waals surface area (Å²) in [6.07, 6.45) is 0.817. The molecule has 0 N–H and O–H groups in total. The molecular weight excluding hydrogens is 211 g/mol. The summed E-state index contributed by atoms with van der Waals surface area (Å²) in [5.41, 5.74) is 0.134. The van der Waals surface area contributed by atoms with Crippen molar-refractivity contribution >= 4 is 5.91 Å². The lowest BCUT2D eigenvalue weighted by Crippen LogP contribution is -2.37. The molecule has 0 saturated carbocycles. The first-order valence-corrected chi connectivity index (χ1v) is 5.16. The van der Waals surface area contributed by atoms with Crippen LogP contribution in [-0.4, -0.2) is 42.1 Å². The SMILES string of the molecule is CN(C(=O)c1cccc(F)n1)C1CCOC1. The highest BCUT2D eigenvalue weighted by Gasteiger charge is 2.25. The standard InChI is InChI=1S/C11H13FN2O2/c1-14(8-5-6-16-7-8)11(15)9-3-2-4-10(12)13-9/h2-4,8H,5-7H2,1H3. The number of amides is 1. The number of carbonyl (C=O) groups excluding carboxylic acids is 1. The normalized spacial score (nSPS) is 19.8. The summed E-state index contributed by atoms with van der Waals surface area (Å²) in [6, 6.07) is 4.28. The molecule has 0 aliphatic carbocycles. The largest absolute Gasteiger partial charge is 0.379 e. The maximum atomic E-state index is 12.9. The van der Waals surface area contributed by atoms with Crippen molar-refractivity contribution in [1.82, 2.24) is 9.88 Å². The van der Waals surface area contributed by atoms with Gasteiger partial charge in [0, 0.05) is 13.7 Å². The van der Waals surface area contributed by atoms with Crippen molar-refractivity contribution in [3.63, 3.8) is 0 Å². The molecule has 1 aromatic rings. The highest BCUT2D eigenvalue weighted by atomic mass is 19.1. The van der Waals surface area contributed by atoms with Crippen LogP contribution in [0.3, 0.4) is 0 Å². The van der Waals surface area contributed by atoms with Gasteiger partial charge in [-0.1, -0.05) is 6.07 Å². The van der Waals surface area contributed by atoms with Crippen LogP contribution >= 0.6 is 0 Å². The molecule has 1 unspecified atom stereocenters. The molecule has 0 spiro atoms. The van der Waals surface area contributed by atoms with Crippen LogP contribution in [0.4, 0.5) is 4.39 Å². The summed E-state index contributed by atoms with van der Waals surface area (Å²) in [6.45, 7) is 1.20. The number of halogens is 1. The summed E-state index contributed by atoms with van der Waals surface area (Å²) in [4.78, 5) is 17.1. The highest BCUT2D eigenvalue weighted by molar-refractivity contribution is 5.92. The fraction of sp³-hybridized carbons (Fsp3) is 0.455. The van der Waals surface area contributed by atoms with Gasteiger partial charge in [0.2, 0.25) is 5.95 Å². The zero-order valence-corrected chi connectivity index (χ0v) is 9.02. The van der Waals surface area contributed by atoms with Gasteiger partial charge in [-0.25, -0.2) is 4.98 Å². The lowest BCUT2D eigenvalue weighted by Gasteiger charge is -2.22. The molecule has 2 heterocycles. The molecule has 5 heteroatoms. The summed E-state index contributed by atoms with van der Waals surface area (Å²) in [5, 5.41) is 0. The Morgan fingerprint density at radius 3 is 3.06 bits per heavy atom. The third-order valence-electron chi connectivity index (χ3n) is 2.71. The summed E-state index contributed by atoms with van der Waals surface area (Å²) in [5.74, 6) is -0.906. The molecule has 0 bridgehead atoms. The first-order chi connectivity index (χ1) is 7.68. The molecule has 2 rings (SSSR count). The minimum absolute atomic E-state index is 0.0672. The molecule has 1 amide bonds. The van der Waals surface area contributed by atoms with Gasteiger partial charge in [0.05, 0.1) is 12.6 Å². The molecule has 1 saturated heterocycles.